The first-order valence-corrected chi connectivity index (χ1v) is 7.48. The summed E-state index contributed by atoms with van der Waals surface area (Å²) in [6.45, 7) is 2.74. The first-order chi connectivity index (χ1) is 9.11. The van der Waals surface area contributed by atoms with Gasteiger partial charge in [-0.1, -0.05) is 39.0 Å². The van der Waals surface area contributed by atoms with E-state index in [0.717, 1.165) is 25.7 Å². The topological polar surface area (TPSA) is 95.6 Å². The van der Waals surface area contributed by atoms with E-state index in [4.69, 9.17) is 10.8 Å². The fraction of sp³-hybridized carbons (Fsp3) is 0.929. The normalized spacial score (nSPS) is 14.3. The van der Waals surface area contributed by atoms with Crippen LogP contribution in [-0.4, -0.2) is 35.0 Å². The van der Waals surface area contributed by atoms with E-state index in [1.807, 2.05) is 0 Å². The van der Waals surface area contributed by atoms with E-state index in [2.05, 4.69) is 12.2 Å². The standard InChI is InChI=1S/C14H30N2O3/c1-2-3-4-5-6-10-13(17)16-12(14(18)19)9-7-8-11-15/h12-13,16-17H,2-11,15H2,1H3,(H,18,19)/t12-,13?/m0/s1. The third kappa shape index (κ3) is 10.9. The quantitative estimate of drug-likeness (QED) is 0.303. The maximum atomic E-state index is 11.0. The van der Waals surface area contributed by atoms with Gasteiger partial charge in [0.2, 0.25) is 0 Å². The smallest absolute Gasteiger partial charge is 0.320 e. The van der Waals surface area contributed by atoms with Crippen molar-refractivity contribution in [3.63, 3.8) is 0 Å². The van der Waals surface area contributed by atoms with E-state index < -0.39 is 18.2 Å². The molecule has 0 heterocycles. The number of rotatable bonds is 13. The van der Waals surface area contributed by atoms with Gasteiger partial charge in [-0.05, 0) is 32.2 Å². The molecule has 0 radical (unpaired) electrons. The van der Waals surface area contributed by atoms with Crippen LogP contribution < -0.4 is 11.1 Å². The van der Waals surface area contributed by atoms with E-state index >= 15 is 0 Å². The number of nitrogens with one attached hydrogen (secondary N) is 1. The Morgan fingerprint density at radius 1 is 1.11 bits per heavy atom. The second-order valence-corrected chi connectivity index (χ2v) is 5.06. The molecule has 0 spiro atoms. The summed E-state index contributed by atoms with van der Waals surface area (Å²) in [5, 5.41) is 21.6. The van der Waals surface area contributed by atoms with Gasteiger partial charge in [-0.2, -0.15) is 0 Å². The zero-order valence-electron chi connectivity index (χ0n) is 12.1. The summed E-state index contributed by atoms with van der Waals surface area (Å²) in [7, 11) is 0. The van der Waals surface area contributed by atoms with Gasteiger partial charge in [0.15, 0.2) is 0 Å². The van der Waals surface area contributed by atoms with Gasteiger partial charge in [0.1, 0.15) is 12.3 Å². The SMILES string of the molecule is CCCCCCCC(O)N[C@@H](CCCCN)C(=O)O. The first-order valence-electron chi connectivity index (χ1n) is 7.48. The summed E-state index contributed by atoms with van der Waals surface area (Å²) in [5.41, 5.74) is 5.38. The molecule has 0 aromatic heterocycles. The number of carboxylic acids is 1. The number of aliphatic hydroxyl groups is 1. The van der Waals surface area contributed by atoms with E-state index in [1.165, 1.54) is 19.3 Å². The lowest BCUT2D eigenvalue weighted by atomic mass is 10.1. The van der Waals surface area contributed by atoms with Crippen molar-refractivity contribution in [3.8, 4) is 0 Å². The number of unbranched alkanes of at least 4 members (excludes halogenated alkanes) is 5. The lowest BCUT2D eigenvalue weighted by molar-refractivity contribution is -0.140. The maximum Gasteiger partial charge on any atom is 0.320 e. The van der Waals surface area contributed by atoms with Crippen LogP contribution in [-0.2, 0) is 4.79 Å². The summed E-state index contributed by atoms with van der Waals surface area (Å²) < 4.78 is 0. The summed E-state index contributed by atoms with van der Waals surface area (Å²) in [4.78, 5) is 11.0. The van der Waals surface area contributed by atoms with Crippen molar-refractivity contribution >= 4 is 5.97 Å². The lowest BCUT2D eigenvalue weighted by Gasteiger charge is -2.19. The molecule has 5 N–H and O–H groups in total. The molecule has 1 unspecified atom stereocenters. The van der Waals surface area contributed by atoms with Crippen LogP contribution in [0.4, 0.5) is 0 Å². The highest BCUT2D eigenvalue weighted by molar-refractivity contribution is 5.73. The number of carbonyl (C=O) groups is 1. The van der Waals surface area contributed by atoms with Crippen LogP contribution in [0.25, 0.3) is 0 Å². The minimum atomic E-state index is -0.901. The average Bonchev–Trinajstić information content (AvgIpc) is 2.37. The van der Waals surface area contributed by atoms with Crippen LogP contribution in [0.3, 0.4) is 0 Å². The van der Waals surface area contributed by atoms with Crippen LogP contribution in [0.2, 0.25) is 0 Å². The third-order valence-electron chi connectivity index (χ3n) is 3.22. The van der Waals surface area contributed by atoms with Crippen molar-refractivity contribution in [2.45, 2.75) is 77.0 Å². The molecule has 2 atom stereocenters. The fourth-order valence-electron chi connectivity index (χ4n) is 2.03. The Kier molecular flexibility index (Phi) is 12.0. The summed E-state index contributed by atoms with van der Waals surface area (Å²) in [6, 6.07) is -0.669. The van der Waals surface area contributed by atoms with E-state index in [-0.39, 0.29) is 0 Å². The second-order valence-electron chi connectivity index (χ2n) is 5.06. The van der Waals surface area contributed by atoms with Gasteiger partial charge in [-0.25, -0.2) is 0 Å². The summed E-state index contributed by atoms with van der Waals surface area (Å²) in [5.74, 6) is -0.901. The van der Waals surface area contributed by atoms with Crippen molar-refractivity contribution in [1.82, 2.24) is 5.32 Å². The van der Waals surface area contributed by atoms with Gasteiger partial charge < -0.3 is 15.9 Å². The molecule has 0 fully saturated rings. The Labute approximate surface area is 116 Å². The monoisotopic (exact) mass is 274 g/mol. The zero-order chi connectivity index (χ0) is 14.5. The second kappa shape index (κ2) is 12.4. The van der Waals surface area contributed by atoms with Crippen LogP contribution in [0.15, 0.2) is 0 Å². The maximum absolute atomic E-state index is 11.0. The molecule has 0 aliphatic rings. The van der Waals surface area contributed by atoms with Gasteiger partial charge in [0.05, 0.1) is 0 Å². The molecule has 5 nitrogen and oxygen atoms in total. The summed E-state index contributed by atoms with van der Waals surface area (Å²) in [6.07, 6.45) is 7.62. The Bertz CT molecular complexity index is 225. The molecule has 5 heteroatoms. The van der Waals surface area contributed by atoms with E-state index in [1.54, 1.807) is 0 Å². The van der Waals surface area contributed by atoms with E-state index in [0.29, 0.717) is 19.4 Å². The Balaban J connectivity index is 3.76. The molecule has 0 aromatic carbocycles. The molecule has 0 aromatic rings. The Morgan fingerprint density at radius 3 is 2.32 bits per heavy atom. The molecule has 0 amide bonds. The van der Waals surface area contributed by atoms with Gasteiger partial charge >= 0.3 is 5.97 Å². The van der Waals surface area contributed by atoms with Crippen LogP contribution in [0.1, 0.15) is 64.7 Å². The van der Waals surface area contributed by atoms with Gasteiger partial charge in [-0.15, -0.1) is 0 Å². The molecule has 19 heavy (non-hydrogen) atoms. The Morgan fingerprint density at radius 2 is 1.74 bits per heavy atom. The fourth-order valence-corrected chi connectivity index (χ4v) is 2.03. The highest BCUT2D eigenvalue weighted by atomic mass is 16.4. The molecular formula is C14H30N2O3. The predicted molar refractivity (Wildman–Crippen MR) is 76.8 cm³/mol. The number of nitrogens with two attached hydrogens (primary N) is 1. The molecule has 0 rings (SSSR count). The van der Waals surface area contributed by atoms with E-state index in [9.17, 15) is 9.90 Å². The molecule has 0 aliphatic carbocycles. The van der Waals surface area contributed by atoms with Crippen LogP contribution in [0.5, 0.6) is 0 Å². The van der Waals surface area contributed by atoms with Gasteiger partial charge in [0.25, 0.3) is 0 Å². The average molecular weight is 274 g/mol. The number of hydrogen-bond donors (Lipinski definition) is 4. The number of carboxylic acid groups (broad SMARTS) is 1. The van der Waals surface area contributed by atoms with Gasteiger partial charge in [-0.3, -0.25) is 10.1 Å². The van der Waals surface area contributed by atoms with Crippen LogP contribution >= 0.6 is 0 Å². The lowest BCUT2D eigenvalue weighted by Crippen LogP contribution is -2.43. The molecule has 0 aliphatic heterocycles. The highest BCUT2D eigenvalue weighted by Crippen LogP contribution is 2.08. The van der Waals surface area contributed by atoms with Gasteiger partial charge in [0, 0.05) is 0 Å². The first kappa shape index (κ1) is 18.4. The zero-order valence-corrected chi connectivity index (χ0v) is 12.1. The van der Waals surface area contributed by atoms with Crippen molar-refractivity contribution in [2.24, 2.45) is 5.73 Å². The van der Waals surface area contributed by atoms with Crippen molar-refractivity contribution in [2.75, 3.05) is 6.54 Å². The third-order valence-corrected chi connectivity index (χ3v) is 3.22. The number of aliphatic hydroxyl groups excluding tert-OH is 1. The minimum absolute atomic E-state index is 0.513. The Hall–Kier alpha value is -0.650. The molecule has 0 saturated carbocycles. The molecule has 114 valence electrons. The minimum Gasteiger partial charge on any atom is -0.480 e. The van der Waals surface area contributed by atoms with Crippen molar-refractivity contribution in [1.29, 1.82) is 0 Å². The number of hydrogen-bond acceptors (Lipinski definition) is 4. The van der Waals surface area contributed by atoms with Crippen molar-refractivity contribution in [3.05, 3.63) is 0 Å². The highest BCUT2D eigenvalue weighted by Gasteiger charge is 2.19. The molecule has 0 saturated heterocycles. The van der Waals surface area contributed by atoms with Crippen molar-refractivity contribution < 1.29 is 15.0 Å². The predicted octanol–water partition coefficient (Wildman–Crippen LogP) is 1.84. The van der Waals surface area contributed by atoms with Crippen LogP contribution in [0, 0.1) is 0 Å². The molecular weight excluding hydrogens is 244 g/mol. The number of aliphatic carboxylic acids is 1. The largest absolute Gasteiger partial charge is 0.480 e. The molecule has 0 bridgehead atoms. The summed E-state index contributed by atoms with van der Waals surface area (Å²) >= 11 is 0.